The summed E-state index contributed by atoms with van der Waals surface area (Å²) in [6.07, 6.45) is 7.75. The highest BCUT2D eigenvalue weighted by atomic mass is 15.0. The molecule has 1 atom stereocenters. The quantitative estimate of drug-likeness (QED) is 0.690. The smallest absolute Gasteiger partial charge is 0.0983 e. The Morgan fingerprint density at radius 3 is 2.33 bits per heavy atom. The molecule has 1 N–H and O–H groups in total. The maximum atomic E-state index is 8.95. The lowest BCUT2D eigenvalue weighted by Gasteiger charge is -2.17. The molecule has 0 aromatic heterocycles. The second-order valence-electron chi connectivity index (χ2n) is 4.09. The van der Waals surface area contributed by atoms with Crippen molar-refractivity contribution in [3.8, 4) is 6.07 Å². The number of nitrogens with one attached hydrogen (secondary N) is 1. The number of rotatable bonds is 3. The van der Waals surface area contributed by atoms with Gasteiger partial charge >= 0.3 is 0 Å². The second kappa shape index (κ2) is 3.45. The summed E-state index contributed by atoms with van der Waals surface area (Å²) in [4.78, 5) is 0. The first kappa shape index (κ1) is 8.07. The summed E-state index contributed by atoms with van der Waals surface area (Å²) in [7, 11) is 0. The molecule has 0 aromatic rings. The molecule has 0 heterocycles. The van der Waals surface area contributed by atoms with Crippen LogP contribution in [-0.4, -0.2) is 12.1 Å². The normalized spacial score (nSPS) is 26.9. The van der Waals surface area contributed by atoms with Crippen LogP contribution in [0.25, 0.3) is 0 Å². The topological polar surface area (TPSA) is 35.8 Å². The highest BCUT2D eigenvalue weighted by molar-refractivity contribution is 5.00. The first-order valence-corrected chi connectivity index (χ1v) is 5.06. The third-order valence-electron chi connectivity index (χ3n) is 3.00. The maximum absolute atomic E-state index is 8.95. The van der Waals surface area contributed by atoms with E-state index in [9.17, 15) is 0 Å². The van der Waals surface area contributed by atoms with Crippen molar-refractivity contribution >= 4 is 0 Å². The lowest BCUT2D eigenvalue weighted by atomic mass is 9.99. The highest BCUT2D eigenvalue weighted by Crippen LogP contribution is 2.29. The summed E-state index contributed by atoms with van der Waals surface area (Å²) in [5, 5.41) is 12.4. The molecule has 0 aromatic carbocycles. The molecule has 2 nitrogen and oxygen atoms in total. The summed E-state index contributed by atoms with van der Waals surface area (Å²) in [5.41, 5.74) is 0. The van der Waals surface area contributed by atoms with Crippen LogP contribution in [0.15, 0.2) is 0 Å². The van der Waals surface area contributed by atoms with Gasteiger partial charge in [-0.05, 0) is 31.6 Å². The largest absolute Gasteiger partial charge is 0.299 e. The van der Waals surface area contributed by atoms with Crippen LogP contribution in [0.5, 0.6) is 0 Å². The molecule has 2 fully saturated rings. The Hall–Kier alpha value is -0.550. The number of nitriles is 1. The van der Waals surface area contributed by atoms with Gasteiger partial charge in [0.05, 0.1) is 12.1 Å². The number of hydrogen-bond donors (Lipinski definition) is 1. The third kappa shape index (κ3) is 1.78. The zero-order valence-electron chi connectivity index (χ0n) is 7.42. The molecule has 0 saturated heterocycles. The van der Waals surface area contributed by atoms with Gasteiger partial charge in [0, 0.05) is 6.04 Å². The molecule has 2 aliphatic carbocycles. The van der Waals surface area contributed by atoms with Gasteiger partial charge in [-0.2, -0.15) is 5.26 Å². The molecule has 2 rings (SSSR count). The fourth-order valence-electron chi connectivity index (χ4n) is 2.07. The SMILES string of the molecule is N#CC(NC1CC1)C1CCCC1. The van der Waals surface area contributed by atoms with Gasteiger partial charge in [-0.1, -0.05) is 12.8 Å². The zero-order chi connectivity index (χ0) is 8.39. The lowest BCUT2D eigenvalue weighted by Crippen LogP contribution is -2.35. The molecule has 2 heteroatoms. The van der Waals surface area contributed by atoms with Crippen molar-refractivity contribution < 1.29 is 0 Å². The van der Waals surface area contributed by atoms with Gasteiger partial charge in [-0.15, -0.1) is 0 Å². The molecule has 2 aliphatic rings. The molecule has 0 spiro atoms. The first-order valence-electron chi connectivity index (χ1n) is 5.06. The van der Waals surface area contributed by atoms with Crippen LogP contribution in [0.2, 0.25) is 0 Å². The summed E-state index contributed by atoms with van der Waals surface area (Å²) in [5.74, 6) is 0.649. The fourth-order valence-corrected chi connectivity index (χ4v) is 2.07. The van der Waals surface area contributed by atoms with Gasteiger partial charge in [-0.3, -0.25) is 5.32 Å². The van der Waals surface area contributed by atoms with Crippen molar-refractivity contribution in [2.75, 3.05) is 0 Å². The van der Waals surface area contributed by atoms with Gasteiger partial charge in [0.1, 0.15) is 0 Å². The van der Waals surface area contributed by atoms with Crippen LogP contribution in [0.1, 0.15) is 38.5 Å². The molecule has 66 valence electrons. The van der Waals surface area contributed by atoms with Crippen LogP contribution in [0.4, 0.5) is 0 Å². The van der Waals surface area contributed by atoms with Crippen LogP contribution >= 0.6 is 0 Å². The molecule has 0 aliphatic heterocycles. The summed E-state index contributed by atoms with van der Waals surface area (Å²) in [6, 6.07) is 3.23. The molecule has 2 saturated carbocycles. The van der Waals surface area contributed by atoms with Crippen LogP contribution in [0.3, 0.4) is 0 Å². The molecule has 12 heavy (non-hydrogen) atoms. The van der Waals surface area contributed by atoms with Gasteiger partial charge in [0.2, 0.25) is 0 Å². The third-order valence-corrected chi connectivity index (χ3v) is 3.00. The van der Waals surface area contributed by atoms with Crippen molar-refractivity contribution in [2.45, 2.75) is 50.6 Å². The van der Waals surface area contributed by atoms with Gasteiger partial charge in [-0.25, -0.2) is 0 Å². The van der Waals surface area contributed by atoms with Crippen LogP contribution in [-0.2, 0) is 0 Å². The van der Waals surface area contributed by atoms with E-state index in [1.54, 1.807) is 0 Å². The maximum Gasteiger partial charge on any atom is 0.0983 e. The standard InChI is InChI=1S/C10H16N2/c11-7-10(12-9-5-6-9)8-3-1-2-4-8/h8-10,12H,1-6H2. The van der Waals surface area contributed by atoms with E-state index in [4.69, 9.17) is 5.26 Å². The first-order chi connectivity index (χ1) is 5.90. The molecule has 1 unspecified atom stereocenters. The number of nitrogens with zero attached hydrogens (tertiary/aromatic N) is 1. The van der Waals surface area contributed by atoms with Gasteiger partial charge in [0.15, 0.2) is 0 Å². The average Bonchev–Trinajstić information content (AvgIpc) is 2.74. The van der Waals surface area contributed by atoms with E-state index in [0.717, 1.165) is 0 Å². The van der Waals surface area contributed by atoms with E-state index in [1.165, 1.54) is 38.5 Å². The van der Waals surface area contributed by atoms with Crippen LogP contribution in [0, 0.1) is 17.2 Å². The van der Waals surface area contributed by atoms with Crippen LogP contribution < -0.4 is 5.32 Å². The van der Waals surface area contributed by atoms with Crippen molar-refractivity contribution in [3.63, 3.8) is 0 Å². The summed E-state index contributed by atoms with van der Waals surface area (Å²) >= 11 is 0. The van der Waals surface area contributed by atoms with Gasteiger partial charge in [0.25, 0.3) is 0 Å². The fraction of sp³-hybridized carbons (Fsp3) is 0.900. The Morgan fingerprint density at radius 2 is 1.83 bits per heavy atom. The van der Waals surface area contributed by atoms with E-state index in [0.29, 0.717) is 12.0 Å². The molecule has 0 radical (unpaired) electrons. The minimum atomic E-state index is 0.153. The summed E-state index contributed by atoms with van der Waals surface area (Å²) < 4.78 is 0. The van der Waals surface area contributed by atoms with E-state index in [2.05, 4.69) is 11.4 Å². The van der Waals surface area contributed by atoms with Crippen molar-refractivity contribution in [3.05, 3.63) is 0 Å². The second-order valence-corrected chi connectivity index (χ2v) is 4.09. The van der Waals surface area contributed by atoms with Crippen molar-refractivity contribution in [1.29, 1.82) is 5.26 Å². The Morgan fingerprint density at radius 1 is 1.17 bits per heavy atom. The molecular weight excluding hydrogens is 148 g/mol. The van der Waals surface area contributed by atoms with E-state index < -0.39 is 0 Å². The predicted molar refractivity (Wildman–Crippen MR) is 47.5 cm³/mol. The Labute approximate surface area is 74.0 Å². The Balaban J connectivity index is 1.83. The van der Waals surface area contributed by atoms with Crippen molar-refractivity contribution in [1.82, 2.24) is 5.32 Å². The number of hydrogen-bond acceptors (Lipinski definition) is 2. The lowest BCUT2D eigenvalue weighted by molar-refractivity contribution is 0.419. The Kier molecular flexibility index (Phi) is 2.32. The highest BCUT2D eigenvalue weighted by Gasteiger charge is 2.30. The zero-order valence-corrected chi connectivity index (χ0v) is 7.42. The summed E-state index contributed by atoms with van der Waals surface area (Å²) in [6.45, 7) is 0. The molecular formula is C10H16N2. The van der Waals surface area contributed by atoms with E-state index in [1.807, 2.05) is 0 Å². The molecule has 0 bridgehead atoms. The van der Waals surface area contributed by atoms with E-state index in [-0.39, 0.29) is 6.04 Å². The predicted octanol–water partition coefficient (Wildman–Crippen LogP) is 1.82. The molecule has 0 amide bonds. The average molecular weight is 164 g/mol. The van der Waals surface area contributed by atoms with Gasteiger partial charge < -0.3 is 0 Å². The minimum Gasteiger partial charge on any atom is -0.299 e. The monoisotopic (exact) mass is 164 g/mol. The Bertz CT molecular complexity index is 185. The van der Waals surface area contributed by atoms with Crippen molar-refractivity contribution in [2.24, 2.45) is 5.92 Å². The minimum absolute atomic E-state index is 0.153. The van der Waals surface area contributed by atoms with E-state index >= 15 is 0 Å².